The van der Waals surface area contributed by atoms with Crippen molar-refractivity contribution in [3.05, 3.63) is 53.1 Å². The number of nitrogens with one attached hydrogen (secondary N) is 3. The Morgan fingerprint density at radius 3 is 2.58 bits per heavy atom. The molecular formula is C24H28F3N5O4. The van der Waals surface area contributed by atoms with Gasteiger partial charge < -0.3 is 26.4 Å². The molecule has 9 nitrogen and oxygen atoms in total. The molecule has 5 N–H and O–H groups in total. The first-order valence-electron chi connectivity index (χ1n) is 11.2. The molecule has 1 saturated heterocycles. The van der Waals surface area contributed by atoms with Crippen molar-refractivity contribution < 1.29 is 32.3 Å². The average Bonchev–Trinajstić information content (AvgIpc) is 3.23. The fourth-order valence-corrected chi connectivity index (χ4v) is 3.96. The number of carbonyl (C=O) groups excluding carboxylic acids is 3. The van der Waals surface area contributed by atoms with Crippen molar-refractivity contribution in [2.24, 2.45) is 0 Å². The topological polar surface area (TPSA) is 126 Å². The molecule has 0 bridgehead atoms. The lowest BCUT2D eigenvalue weighted by Gasteiger charge is -2.18. The number of likely N-dealkylation sites (tertiary alicyclic amines) is 1. The van der Waals surface area contributed by atoms with Gasteiger partial charge in [-0.2, -0.15) is 13.2 Å². The minimum atomic E-state index is -4.62. The van der Waals surface area contributed by atoms with Gasteiger partial charge in [-0.1, -0.05) is 6.07 Å². The van der Waals surface area contributed by atoms with E-state index in [-0.39, 0.29) is 23.2 Å². The molecule has 2 aromatic carbocycles. The van der Waals surface area contributed by atoms with E-state index in [4.69, 9.17) is 10.5 Å². The van der Waals surface area contributed by atoms with E-state index >= 15 is 0 Å². The monoisotopic (exact) mass is 507 g/mol. The van der Waals surface area contributed by atoms with Gasteiger partial charge in [-0.3, -0.25) is 19.3 Å². The fourth-order valence-electron chi connectivity index (χ4n) is 3.96. The number of halogens is 3. The lowest BCUT2D eigenvalue weighted by molar-refractivity contribution is -0.137. The second-order valence-electron chi connectivity index (χ2n) is 8.49. The number of hydrogen-bond acceptors (Lipinski definition) is 6. The number of amides is 3. The fraction of sp³-hybridized carbons (Fsp3) is 0.375. The van der Waals surface area contributed by atoms with E-state index in [0.717, 1.165) is 24.2 Å². The number of methoxy groups -OCH3 is 1. The molecule has 36 heavy (non-hydrogen) atoms. The number of rotatable bonds is 8. The summed E-state index contributed by atoms with van der Waals surface area (Å²) < 4.78 is 44.0. The van der Waals surface area contributed by atoms with Crippen molar-refractivity contribution in [1.29, 1.82) is 0 Å². The Hall–Kier alpha value is -3.80. The van der Waals surface area contributed by atoms with Gasteiger partial charge >= 0.3 is 6.18 Å². The zero-order valence-electron chi connectivity index (χ0n) is 19.9. The van der Waals surface area contributed by atoms with Crippen LogP contribution in [0.4, 0.5) is 24.5 Å². The van der Waals surface area contributed by atoms with E-state index in [1.807, 2.05) is 12.1 Å². The summed E-state index contributed by atoms with van der Waals surface area (Å²) >= 11 is 0. The normalized spacial score (nSPS) is 15.9. The van der Waals surface area contributed by atoms with Crippen LogP contribution >= 0.6 is 0 Å². The lowest BCUT2D eigenvalue weighted by Crippen LogP contribution is -2.43. The summed E-state index contributed by atoms with van der Waals surface area (Å²) in [4.78, 5) is 38.2. The molecule has 0 spiro atoms. The van der Waals surface area contributed by atoms with Crippen LogP contribution in [-0.4, -0.2) is 55.4 Å². The minimum Gasteiger partial charge on any atom is -0.495 e. The number of anilines is 2. The number of benzene rings is 2. The first kappa shape index (κ1) is 26.8. The largest absolute Gasteiger partial charge is 0.495 e. The highest BCUT2D eigenvalue weighted by Crippen LogP contribution is 2.31. The van der Waals surface area contributed by atoms with Crippen LogP contribution in [-0.2, 0) is 22.3 Å². The molecule has 1 unspecified atom stereocenters. The highest BCUT2D eigenvalue weighted by atomic mass is 19.4. The minimum absolute atomic E-state index is 0.118. The first-order valence-corrected chi connectivity index (χ1v) is 11.2. The Bertz CT molecular complexity index is 1140. The first-order chi connectivity index (χ1) is 17.0. The highest BCUT2D eigenvalue weighted by Gasteiger charge is 2.31. The Morgan fingerprint density at radius 2 is 1.92 bits per heavy atom. The van der Waals surface area contributed by atoms with Crippen LogP contribution in [0.1, 0.15) is 34.8 Å². The SMILES string of the molecule is COc1ccc(CN2CCC(NC(=O)CNC(=O)c3cc(C(F)(F)F)ccc3N)C2)cc1NC(C)=O. The van der Waals surface area contributed by atoms with E-state index in [1.165, 1.54) is 14.0 Å². The second-order valence-corrected chi connectivity index (χ2v) is 8.49. The summed E-state index contributed by atoms with van der Waals surface area (Å²) in [7, 11) is 1.52. The molecule has 1 heterocycles. The molecule has 3 amide bonds. The number of carbonyl (C=O) groups is 3. The summed E-state index contributed by atoms with van der Waals surface area (Å²) in [6.07, 6.45) is -3.93. The molecule has 2 aromatic rings. The van der Waals surface area contributed by atoms with Crippen LogP contribution in [0.3, 0.4) is 0 Å². The predicted octanol–water partition coefficient (Wildman–Crippen LogP) is 2.38. The van der Waals surface area contributed by atoms with Crippen LogP contribution < -0.4 is 26.4 Å². The van der Waals surface area contributed by atoms with Crippen molar-refractivity contribution in [3.8, 4) is 5.75 Å². The maximum atomic E-state index is 12.9. The molecule has 1 fully saturated rings. The van der Waals surface area contributed by atoms with Crippen molar-refractivity contribution in [3.63, 3.8) is 0 Å². The molecule has 194 valence electrons. The second kappa shape index (κ2) is 11.3. The molecule has 0 aromatic heterocycles. The number of hydrogen-bond donors (Lipinski definition) is 4. The molecule has 1 atom stereocenters. The molecule has 1 aliphatic heterocycles. The summed E-state index contributed by atoms with van der Waals surface area (Å²) in [5, 5.41) is 7.88. The number of ether oxygens (including phenoxy) is 1. The van der Waals surface area contributed by atoms with Crippen LogP contribution in [0.15, 0.2) is 36.4 Å². The Morgan fingerprint density at radius 1 is 1.17 bits per heavy atom. The van der Waals surface area contributed by atoms with Gasteiger partial charge in [-0.15, -0.1) is 0 Å². The van der Waals surface area contributed by atoms with Crippen LogP contribution in [0.5, 0.6) is 5.75 Å². The van der Waals surface area contributed by atoms with Crippen LogP contribution in [0.2, 0.25) is 0 Å². The van der Waals surface area contributed by atoms with Crippen molar-refractivity contribution in [1.82, 2.24) is 15.5 Å². The van der Waals surface area contributed by atoms with Gasteiger partial charge in [0, 0.05) is 38.3 Å². The van der Waals surface area contributed by atoms with Crippen molar-refractivity contribution >= 4 is 29.1 Å². The maximum absolute atomic E-state index is 12.9. The molecule has 0 saturated carbocycles. The van der Waals surface area contributed by atoms with E-state index < -0.39 is 30.1 Å². The zero-order chi connectivity index (χ0) is 26.5. The summed E-state index contributed by atoms with van der Waals surface area (Å²) in [5.74, 6) is -0.985. The van der Waals surface area contributed by atoms with E-state index in [2.05, 4.69) is 20.9 Å². The number of alkyl halides is 3. The maximum Gasteiger partial charge on any atom is 0.416 e. The Balaban J connectivity index is 1.50. The van der Waals surface area contributed by atoms with Gasteiger partial charge in [0.15, 0.2) is 0 Å². The Kier molecular flexibility index (Phi) is 8.41. The molecule has 12 heteroatoms. The summed E-state index contributed by atoms with van der Waals surface area (Å²) in [5.41, 5.74) is 5.70. The van der Waals surface area contributed by atoms with Crippen molar-refractivity contribution in [2.75, 3.05) is 37.8 Å². The van der Waals surface area contributed by atoms with Crippen LogP contribution in [0, 0.1) is 0 Å². The van der Waals surface area contributed by atoms with E-state index in [9.17, 15) is 27.6 Å². The quantitative estimate of drug-likeness (QED) is 0.407. The van der Waals surface area contributed by atoms with Gasteiger partial charge in [-0.25, -0.2) is 0 Å². The summed E-state index contributed by atoms with van der Waals surface area (Å²) in [6, 6.07) is 7.81. The van der Waals surface area contributed by atoms with Crippen molar-refractivity contribution in [2.45, 2.75) is 32.1 Å². The summed E-state index contributed by atoms with van der Waals surface area (Å²) in [6.45, 7) is 2.90. The van der Waals surface area contributed by atoms with Gasteiger partial charge in [-0.05, 0) is 42.3 Å². The number of nitrogens with zero attached hydrogens (tertiary/aromatic N) is 1. The molecule has 3 rings (SSSR count). The van der Waals surface area contributed by atoms with Gasteiger partial charge in [0.1, 0.15) is 5.75 Å². The van der Waals surface area contributed by atoms with Gasteiger partial charge in [0.2, 0.25) is 11.8 Å². The predicted molar refractivity (Wildman–Crippen MR) is 127 cm³/mol. The van der Waals surface area contributed by atoms with Gasteiger partial charge in [0.05, 0.1) is 30.5 Å². The number of nitrogens with two attached hydrogens (primary N) is 1. The third-order valence-corrected chi connectivity index (χ3v) is 5.65. The molecule has 1 aliphatic rings. The van der Waals surface area contributed by atoms with Gasteiger partial charge in [0.25, 0.3) is 5.91 Å². The average molecular weight is 508 g/mol. The third kappa shape index (κ3) is 7.11. The zero-order valence-corrected chi connectivity index (χ0v) is 19.9. The third-order valence-electron chi connectivity index (χ3n) is 5.65. The highest BCUT2D eigenvalue weighted by molar-refractivity contribution is 6.00. The van der Waals surface area contributed by atoms with E-state index in [0.29, 0.717) is 37.0 Å². The molecule has 0 radical (unpaired) electrons. The standard InChI is InChI=1S/C24H28F3N5O4/c1-14(33)30-20-9-15(3-6-21(20)36-2)12-32-8-7-17(13-32)31-22(34)11-29-23(35)18-10-16(24(25,26)27)4-5-19(18)28/h3-6,9-10,17H,7-8,11-13,28H2,1-2H3,(H,29,35)(H,30,33)(H,31,34). The number of nitrogen functional groups attached to an aromatic ring is 1. The lowest BCUT2D eigenvalue weighted by atomic mass is 10.1. The van der Waals surface area contributed by atoms with Crippen LogP contribution in [0.25, 0.3) is 0 Å². The van der Waals surface area contributed by atoms with E-state index in [1.54, 1.807) is 6.07 Å². The molecule has 0 aliphatic carbocycles. The molecular weight excluding hydrogens is 479 g/mol. The smallest absolute Gasteiger partial charge is 0.416 e. The Labute approximate surface area is 206 Å².